The van der Waals surface area contributed by atoms with E-state index in [1.807, 2.05) is 12.1 Å². The molecular weight excluding hydrogens is 558 g/mol. The molecule has 1 saturated heterocycles. The predicted molar refractivity (Wildman–Crippen MR) is 161 cm³/mol. The number of nitrogens with zero attached hydrogens (tertiary/aromatic N) is 3. The molecule has 2 amide bonds. The summed E-state index contributed by atoms with van der Waals surface area (Å²) < 4.78 is 5.52. The summed E-state index contributed by atoms with van der Waals surface area (Å²) >= 11 is 6.69. The Morgan fingerprint density at radius 2 is 1.69 bits per heavy atom. The van der Waals surface area contributed by atoms with Crippen LogP contribution in [-0.2, 0) is 0 Å². The van der Waals surface area contributed by atoms with Gasteiger partial charge in [-0.25, -0.2) is 4.98 Å². The monoisotopic (exact) mass is 593 g/mol. The number of aromatic nitrogens is 1. The molecule has 0 spiro atoms. The molecular formula is C31H36ClN5O5. The van der Waals surface area contributed by atoms with Crippen LogP contribution in [-0.4, -0.2) is 71.4 Å². The van der Waals surface area contributed by atoms with Gasteiger partial charge < -0.3 is 35.1 Å². The third-order valence-corrected chi connectivity index (χ3v) is 8.79. The average Bonchev–Trinajstić information content (AvgIpc) is 3.72. The zero-order valence-corrected chi connectivity index (χ0v) is 24.3. The topological polar surface area (TPSA) is 131 Å². The van der Waals surface area contributed by atoms with Crippen LogP contribution in [0.15, 0.2) is 47.1 Å². The molecule has 3 aromatic rings. The molecule has 2 heterocycles. The van der Waals surface area contributed by atoms with Crippen LogP contribution >= 0.6 is 11.6 Å². The molecule has 10 nitrogen and oxygen atoms in total. The maximum Gasteiger partial charge on any atom is 0.277 e. The highest BCUT2D eigenvalue weighted by Crippen LogP contribution is 2.39. The summed E-state index contributed by atoms with van der Waals surface area (Å²) in [6.07, 6.45) is 3.14. The molecule has 1 aromatic heterocycles. The largest absolute Gasteiger partial charge is 0.448 e. The number of oxazole rings is 1. The quantitative estimate of drug-likeness (QED) is 0.322. The summed E-state index contributed by atoms with van der Waals surface area (Å²) in [4.78, 5) is 35.5. The highest BCUT2D eigenvalue weighted by molar-refractivity contribution is 6.34. The smallest absolute Gasteiger partial charge is 0.277 e. The van der Waals surface area contributed by atoms with E-state index in [1.54, 1.807) is 12.1 Å². The summed E-state index contributed by atoms with van der Waals surface area (Å²) in [6.45, 7) is 5.01. The number of para-hydroxylation sites is 1. The lowest BCUT2D eigenvalue weighted by atomic mass is 9.90. The van der Waals surface area contributed by atoms with Crippen molar-refractivity contribution in [1.82, 2.24) is 10.3 Å². The zero-order chi connectivity index (χ0) is 29.4. The van der Waals surface area contributed by atoms with Crippen molar-refractivity contribution in [3.8, 4) is 0 Å². The second-order valence-corrected chi connectivity index (χ2v) is 11.9. The summed E-state index contributed by atoms with van der Waals surface area (Å²) in [5.74, 6) is -0.0878. The van der Waals surface area contributed by atoms with Crippen molar-refractivity contribution in [2.24, 2.45) is 0 Å². The first kappa shape index (κ1) is 28.5. The fraction of sp³-hybridized carbons (Fsp3) is 0.452. The molecule has 222 valence electrons. The molecule has 0 unspecified atom stereocenters. The fourth-order valence-corrected chi connectivity index (χ4v) is 6.11. The number of nitrogens with one attached hydrogen (secondary N) is 2. The molecule has 2 aliphatic carbocycles. The van der Waals surface area contributed by atoms with Crippen LogP contribution in [0.2, 0.25) is 5.02 Å². The Hall–Kier alpha value is -3.60. The van der Waals surface area contributed by atoms with Crippen LogP contribution in [0.1, 0.15) is 70.3 Å². The Kier molecular flexibility index (Phi) is 8.11. The van der Waals surface area contributed by atoms with Gasteiger partial charge in [0.2, 0.25) is 0 Å². The summed E-state index contributed by atoms with van der Waals surface area (Å²) in [5, 5.41) is 26.5. The lowest BCUT2D eigenvalue weighted by Crippen LogP contribution is -2.51. The number of amides is 2. The SMILES string of the molecule is Cc1ccccc1N1CCN(c2cc(Cl)c(C(=O)N[C@H]3CCC[C@H](O)[C@@H]3O)cc2NC(=O)c2coc(C3CC3)n2)CC1. The number of hydrogen-bond acceptors (Lipinski definition) is 8. The van der Waals surface area contributed by atoms with Crippen LogP contribution < -0.4 is 20.4 Å². The van der Waals surface area contributed by atoms with E-state index in [4.69, 9.17) is 16.0 Å². The Morgan fingerprint density at radius 3 is 2.40 bits per heavy atom. The Bertz CT molecular complexity index is 1470. The van der Waals surface area contributed by atoms with Crippen LogP contribution in [0.3, 0.4) is 0 Å². The minimum absolute atomic E-state index is 0.167. The highest BCUT2D eigenvalue weighted by atomic mass is 35.5. The number of piperazine rings is 1. The van der Waals surface area contributed by atoms with E-state index in [0.717, 1.165) is 25.9 Å². The third-order valence-electron chi connectivity index (χ3n) is 8.47. The van der Waals surface area contributed by atoms with Gasteiger partial charge in [-0.15, -0.1) is 0 Å². The van der Waals surface area contributed by atoms with Gasteiger partial charge in [0.25, 0.3) is 11.8 Å². The van der Waals surface area contributed by atoms with Crippen molar-refractivity contribution in [1.29, 1.82) is 0 Å². The Morgan fingerprint density at radius 1 is 0.976 bits per heavy atom. The number of aryl methyl sites for hydroxylation is 1. The van der Waals surface area contributed by atoms with Crippen molar-refractivity contribution in [2.75, 3.05) is 41.3 Å². The predicted octanol–water partition coefficient (Wildman–Crippen LogP) is 4.10. The van der Waals surface area contributed by atoms with E-state index in [-0.39, 0.29) is 22.2 Å². The van der Waals surface area contributed by atoms with Gasteiger partial charge in [0.05, 0.1) is 40.2 Å². The number of hydrogen-bond donors (Lipinski definition) is 4. The van der Waals surface area contributed by atoms with Crippen molar-refractivity contribution < 1.29 is 24.2 Å². The molecule has 2 saturated carbocycles. The number of carbonyl (C=O) groups excluding carboxylic acids is 2. The van der Waals surface area contributed by atoms with Gasteiger partial charge in [0, 0.05) is 37.8 Å². The first-order valence-electron chi connectivity index (χ1n) is 14.6. The first-order valence-corrected chi connectivity index (χ1v) is 15.0. The molecule has 1 aliphatic heterocycles. The Labute approximate surface area is 249 Å². The lowest BCUT2D eigenvalue weighted by molar-refractivity contribution is -0.0277. The molecule has 3 fully saturated rings. The summed E-state index contributed by atoms with van der Waals surface area (Å²) in [6, 6.07) is 11.0. The van der Waals surface area contributed by atoms with Gasteiger partial charge in [-0.3, -0.25) is 9.59 Å². The number of benzene rings is 2. The van der Waals surface area contributed by atoms with E-state index in [2.05, 4.69) is 44.5 Å². The van der Waals surface area contributed by atoms with E-state index in [0.29, 0.717) is 49.6 Å². The second-order valence-electron chi connectivity index (χ2n) is 11.5. The van der Waals surface area contributed by atoms with Crippen molar-refractivity contribution in [3.63, 3.8) is 0 Å². The number of aliphatic hydroxyl groups is 2. The molecule has 2 aromatic carbocycles. The van der Waals surface area contributed by atoms with Crippen LogP contribution in [0, 0.1) is 6.92 Å². The average molecular weight is 594 g/mol. The molecule has 0 radical (unpaired) electrons. The molecule has 0 bridgehead atoms. The lowest BCUT2D eigenvalue weighted by Gasteiger charge is -2.39. The van der Waals surface area contributed by atoms with Gasteiger partial charge in [-0.05, 0) is 62.8 Å². The number of rotatable bonds is 7. The van der Waals surface area contributed by atoms with Crippen molar-refractivity contribution in [3.05, 3.63) is 70.4 Å². The molecule has 42 heavy (non-hydrogen) atoms. The van der Waals surface area contributed by atoms with Gasteiger partial charge in [-0.2, -0.15) is 0 Å². The molecule has 6 rings (SSSR count). The van der Waals surface area contributed by atoms with Gasteiger partial charge in [0.15, 0.2) is 11.6 Å². The number of halogens is 1. The van der Waals surface area contributed by atoms with E-state index >= 15 is 0 Å². The van der Waals surface area contributed by atoms with E-state index in [9.17, 15) is 19.8 Å². The normalized spacial score (nSPS) is 22.6. The second kappa shape index (κ2) is 11.9. The minimum atomic E-state index is -1.06. The van der Waals surface area contributed by atoms with Crippen molar-refractivity contribution >= 4 is 40.5 Å². The van der Waals surface area contributed by atoms with E-state index in [1.165, 1.54) is 17.5 Å². The van der Waals surface area contributed by atoms with Crippen LogP contribution in [0.5, 0.6) is 0 Å². The van der Waals surface area contributed by atoms with Gasteiger partial charge in [-0.1, -0.05) is 29.8 Å². The summed E-state index contributed by atoms with van der Waals surface area (Å²) in [5.41, 5.74) is 3.88. The third kappa shape index (κ3) is 5.97. The maximum absolute atomic E-state index is 13.3. The molecule has 4 N–H and O–H groups in total. The zero-order valence-electron chi connectivity index (χ0n) is 23.6. The first-order chi connectivity index (χ1) is 20.3. The number of anilines is 3. The van der Waals surface area contributed by atoms with Crippen LogP contribution in [0.25, 0.3) is 0 Å². The van der Waals surface area contributed by atoms with E-state index < -0.39 is 30.1 Å². The minimum Gasteiger partial charge on any atom is -0.448 e. The van der Waals surface area contributed by atoms with Gasteiger partial charge in [0.1, 0.15) is 6.26 Å². The van der Waals surface area contributed by atoms with Crippen molar-refractivity contribution in [2.45, 2.75) is 63.2 Å². The molecule has 3 atom stereocenters. The fourth-order valence-electron chi connectivity index (χ4n) is 5.86. The highest BCUT2D eigenvalue weighted by Gasteiger charge is 2.33. The molecule has 11 heteroatoms. The number of carbonyl (C=O) groups is 2. The maximum atomic E-state index is 13.3. The molecule has 3 aliphatic rings. The van der Waals surface area contributed by atoms with Gasteiger partial charge >= 0.3 is 0 Å². The standard InChI is InChI=1S/C31H36ClN5O5/c1-18-5-2-3-7-25(18)36-11-13-37(14-12-36)26-16-21(32)20(29(40)33-22-6-4-8-27(38)28(22)39)15-23(26)34-30(41)24-17-42-31(35-24)19-9-10-19/h2-3,5,7,15-17,19,22,27-28,38-39H,4,6,8-14H2,1H3,(H,33,40)(H,34,41)/t22-,27-,28+/m0/s1. The van der Waals surface area contributed by atoms with Crippen LogP contribution in [0.4, 0.5) is 17.1 Å². The number of aliphatic hydroxyl groups excluding tert-OH is 2. The summed E-state index contributed by atoms with van der Waals surface area (Å²) in [7, 11) is 0. The Balaban J connectivity index is 1.26.